The number of halogens is 2. The van der Waals surface area contributed by atoms with Gasteiger partial charge in [-0.05, 0) is 30.3 Å². The van der Waals surface area contributed by atoms with Gasteiger partial charge in [-0.15, -0.1) is 11.3 Å². The Kier molecular flexibility index (Phi) is 3.76. The largest absolute Gasteiger partial charge is 0.504 e. The lowest BCUT2D eigenvalue weighted by atomic mass is 10.1. The number of phenols is 2. The van der Waals surface area contributed by atoms with Crippen molar-refractivity contribution in [2.45, 2.75) is 0 Å². The number of aromatic hydroxyl groups is 2. The Morgan fingerprint density at radius 1 is 0.857 bits per heavy atom. The molecule has 3 rings (SSSR count). The highest BCUT2D eigenvalue weighted by molar-refractivity contribution is 7.13. The topological polar surface area (TPSA) is 53.4 Å². The Labute approximate surface area is 135 Å². The van der Waals surface area contributed by atoms with E-state index < -0.39 is 0 Å². The predicted octanol–water partition coefficient (Wildman–Crippen LogP) is 5.20. The van der Waals surface area contributed by atoms with Gasteiger partial charge in [-0.3, -0.25) is 0 Å². The number of rotatable bonds is 2. The minimum atomic E-state index is -0.170. The Morgan fingerprint density at radius 2 is 1.62 bits per heavy atom. The van der Waals surface area contributed by atoms with Crippen molar-refractivity contribution < 1.29 is 10.2 Å². The van der Waals surface area contributed by atoms with Crippen LogP contribution in [-0.4, -0.2) is 15.2 Å². The van der Waals surface area contributed by atoms with Crippen LogP contribution in [0.15, 0.2) is 41.8 Å². The third-order valence-corrected chi connectivity index (χ3v) is 4.57. The van der Waals surface area contributed by atoms with E-state index in [1.54, 1.807) is 18.2 Å². The average molecular weight is 338 g/mol. The molecule has 2 N–H and O–H groups in total. The van der Waals surface area contributed by atoms with Crippen LogP contribution in [0.3, 0.4) is 0 Å². The van der Waals surface area contributed by atoms with Crippen LogP contribution < -0.4 is 0 Å². The maximum atomic E-state index is 9.55. The summed E-state index contributed by atoms with van der Waals surface area (Å²) in [6, 6.07) is 9.95. The van der Waals surface area contributed by atoms with E-state index in [2.05, 4.69) is 4.98 Å². The second-order valence-corrected chi connectivity index (χ2v) is 6.04. The highest BCUT2D eigenvalue weighted by Crippen LogP contribution is 2.35. The molecule has 0 unspecified atom stereocenters. The third-order valence-electron chi connectivity index (χ3n) is 2.94. The van der Waals surface area contributed by atoms with Gasteiger partial charge in [0.1, 0.15) is 5.01 Å². The predicted molar refractivity (Wildman–Crippen MR) is 86.3 cm³/mol. The van der Waals surface area contributed by atoms with Crippen LogP contribution in [0.1, 0.15) is 0 Å². The number of thiazole rings is 1. The van der Waals surface area contributed by atoms with Crippen molar-refractivity contribution in [1.29, 1.82) is 0 Å². The number of phenolic OH excluding ortho intramolecular Hbond substituents is 2. The van der Waals surface area contributed by atoms with Crippen LogP contribution in [0.25, 0.3) is 21.8 Å². The Hall–Kier alpha value is -1.75. The summed E-state index contributed by atoms with van der Waals surface area (Å²) >= 11 is 13.4. The van der Waals surface area contributed by atoms with Crippen LogP contribution >= 0.6 is 34.5 Å². The molecule has 0 bridgehead atoms. The van der Waals surface area contributed by atoms with Crippen LogP contribution in [0, 0.1) is 0 Å². The van der Waals surface area contributed by atoms with Crippen molar-refractivity contribution in [3.63, 3.8) is 0 Å². The molecule has 0 amide bonds. The van der Waals surface area contributed by atoms with Crippen molar-refractivity contribution in [2.75, 3.05) is 0 Å². The number of nitrogens with zero attached hydrogens (tertiary/aromatic N) is 1. The van der Waals surface area contributed by atoms with Gasteiger partial charge in [0, 0.05) is 16.5 Å². The van der Waals surface area contributed by atoms with Crippen molar-refractivity contribution in [3.05, 3.63) is 51.8 Å². The molecule has 3 aromatic rings. The zero-order chi connectivity index (χ0) is 15.0. The Balaban J connectivity index is 1.99. The van der Waals surface area contributed by atoms with Gasteiger partial charge >= 0.3 is 0 Å². The van der Waals surface area contributed by atoms with Gasteiger partial charge < -0.3 is 10.2 Å². The Morgan fingerprint density at radius 3 is 2.33 bits per heavy atom. The fourth-order valence-electron chi connectivity index (χ4n) is 1.85. The van der Waals surface area contributed by atoms with Gasteiger partial charge in [0.2, 0.25) is 0 Å². The highest BCUT2D eigenvalue weighted by atomic mass is 35.5. The van der Waals surface area contributed by atoms with Gasteiger partial charge in [0.05, 0.1) is 15.7 Å². The van der Waals surface area contributed by atoms with E-state index in [1.807, 2.05) is 11.4 Å². The first-order valence-electron chi connectivity index (χ1n) is 5.98. The normalized spacial score (nSPS) is 10.8. The summed E-state index contributed by atoms with van der Waals surface area (Å²) in [6.07, 6.45) is 0. The molecule has 0 saturated heterocycles. The smallest absolute Gasteiger partial charge is 0.158 e. The van der Waals surface area contributed by atoms with Gasteiger partial charge in [0.15, 0.2) is 11.5 Å². The lowest BCUT2D eigenvalue weighted by Gasteiger charge is -2.01. The maximum absolute atomic E-state index is 9.55. The van der Waals surface area contributed by atoms with Gasteiger partial charge in [-0.1, -0.05) is 29.3 Å². The molecule has 0 aliphatic rings. The SMILES string of the molecule is Oc1ccc(-c2csc(-c3ccc(Cl)c(Cl)c3)n2)cc1O. The summed E-state index contributed by atoms with van der Waals surface area (Å²) in [7, 11) is 0. The molecule has 21 heavy (non-hydrogen) atoms. The first kappa shape index (κ1) is 14.2. The van der Waals surface area contributed by atoms with Crippen LogP contribution in [0.5, 0.6) is 11.5 Å². The van der Waals surface area contributed by atoms with E-state index in [-0.39, 0.29) is 11.5 Å². The summed E-state index contributed by atoms with van der Waals surface area (Å²) in [5, 5.41) is 22.5. The fourth-order valence-corrected chi connectivity index (χ4v) is 2.98. The molecule has 106 valence electrons. The number of benzene rings is 2. The summed E-state index contributed by atoms with van der Waals surface area (Å²) in [5.74, 6) is -0.324. The second kappa shape index (κ2) is 5.56. The zero-order valence-electron chi connectivity index (χ0n) is 10.5. The highest BCUT2D eigenvalue weighted by Gasteiger charge is 2.10. The molecule has 0 aliphatic carbocycles. The van der Waals surface area contributed by atoms with E-state index in [0.717, 1.165) is 21.8 Å². The number of hydrogen-bond donors (Lipinski definition) is 2. The maximum Gasteiger partial charge on any atom is 0.158 e. The average Bonchev–Trinajstić information content (AvgIpc) is 2.94. The molecule has 2 aromatic carbocycles. The van der Waals surface area contributed by atoms with Crippen molar-refractivity contribution in [3.8, 4) is 33.3 Å². The first-order valence-corrected chi connectivity index (χ1v) is 7.61. The molecule has 0 spiro atoms. The quantitative estimate of drug-likeness (QED) is 0.632. The minimum absolute atomic E-state index is 0.154. The van der Waals surface area contributed by atoms with Crippen LogP contribution in [-0.2, 0) is 0 Å². The summed E-state index contributed by atoms with van der Waals surface area (Å²) in [5.41, 5.74) is 2.33. The second-order valence-electron chi connectivity index (χ2n) is 4.37. The molecule has 0 fully saturated rings. The molecule has 0 radical (unpaired) electrons. The van der Waals surface area contributed by atoms with E-state index in [4.69, 9.17) is 23.2 Å². The summed E-state index contributed by atoms with van der Waals surface area (Å²) in [4.78, 5) is 4.52. The van der Waals surface area contributed by atoms with Crippen molar-refractivity contribution >= 4 is 34.5 Å². The molecular weight excluding hydrogens is 329 g/mol. The van der Waals surface area contributed by atoms with Gasteiger partial charge in [0.25, 0.3) is 0 Å². The molecule has 0 atom stereocenters. The van der Waals surface area contributed by atoms with Gasteiger partial charge in [-0.25, -0.2) is 4.98 Å². The summed E-state index contributed by atoms with van der Waals surface area (Å²) in [6.45, 7) is 0. The standard InChI is InChI=1S/C15H9Cl2NO2S/c16-10-3-1-9(5-11(10)17)15-18-12(7-21-15)8-2-4-13(19)14(20)6-8/h1-7,19-20H. The number of hydrogen-bond acceptors (Lipinski definition) is 4. The van der Waals surface area contributed by atoms with Crippen molar-refractivity contribution in [2.24, 2.45) is 0 Å². The molecule has 0 aliphatic heterocycles. The molecular formula is C15H9Cl2NO2S. The fraction of sp³-hybridized carbons (Fsp3) is 0. The number of aromatic nitrogens is 1. The van der Waals surface area contributed by atoms with Crippen LogP contribution in [0.4, 0.5) is 0 Å². The van der Waals surface area contributed by atoms with Crippen molar-refractivity contribution in [1.82, 2.24) is 4.98 Å². The Bertz CT molecular complexity index is 751. The molecule has 3 nitrogen and oxygen atoms in total. The monoisotopic (exact) mass is 337 g/mol. The molecule has 0 saturated carbocycles. The summed E-state index contributed by atoms with van der Waals surface area (Å²) < 4.78 is 0. The van der Waals surface area contributed by atoms with E-state index in [0.29, 0.717) is 10.0 Å². The minimum Gasteiger partial charge on any atom is -0.504 e. The lowest BCUT2D eigenvalue weighted by Crippen LogP contribution is -1.80. The lowest BCUT2D eigenvalue weighted by molar-refractivity contribution is 0.404. The van der Waals surface area contributed by atoms with E-state index in [1.165, 1.54) is 23.5 Å². The van der Waals surface area contributed by atoms with E-state index in [9.17, 15) is 10.2 Å². The zero-order valence-corrected chi connectivity index (χ0v) is 12.9. The molecule has 1 aromatic heterocycles. The van der Waals surface area contributed by atoms with Gasteiger partial charge in [-0.2, -0.15) is 0 Å². The molecule has 6 heteroatoms. The van der Waals surface area contributed by atoms with E-state index >= 15 is 0 Å². The first-order chi connectivity index (χ1) is 10.0. The molecule has 1 heterocycles. The van der Waals surface area contributed by atoms with Crippen LogP contribution in [0.2, 0.25) is 10.0 Å². The third kappa shape index (κ3) is 2.83.